The van der Waals surface area contributed by atoms with Crippen LogP contribution in [-0.4, -0.2) is 14.8 Å². The molecule has 0 radical (unpaired) electrons. The van der Waals surface area contributed by atoms with Gasteiger partial charge in [-0.3, -0.25) is 4.68 Å². The SMILES string of the molecule is Cn1cnc(-c2cccc(Cl)c2Cl)n1. The summed E-state index contributed by atoms with van der Waals surface area (Å²) >= 11 is 11.9. The molecule has 0 saturated heterocycles. The molecule has 0 spiro atoms. The number of nitrogens with zero attached hydrogens (tertiary/aromatic N) is 3. The molecule has 2 aromatic rings. The summed E-state index contributed by atoms with van der Waals surface area (Å²) in [7, 11) is 1.80. The fourth-order valence-corrected chi connectivity index (χ4v) is 1.52. The Morgan fingerprint density at radius 2 is 2.07 bits per heavy atom. The van der Waals surface area contributed by atoms with Gasteiger partial charge in [0, 0.05) is 12.6 Å². The fourth-order valence-electron chi connectivity index (χ4n) is 1.14. The Morgan fingerprint density at radius 1 is 1.29 bits per heavy atom. The molecule has 0 aliphatic rings. The maximum atomic E-state index is 6.02. The van der Waals surface area contributed by atoms with Crippen molar-refractivity contribution in [1.29, 1.82) is 0 Å². The van der Waals surface area contributed by atoms with Crippen LogP contribution >= 0.6 is 23.2 Å². The van der Waals surface area contributed by atoms with E-state index in [-0.39, 0.29) is 0 Å². The van der Waals surface area contributed by atoms with Gasteiger partial charge in [-0.2, -0.15) is 5.10 Å². The molecule has 0 bridgehead atoms. The number of aryl methyl sites for hydroxylation is 1. The lowest BCUT2D eigenvalue weighted by atomic mass is 10.2. The zero-order valence-electron chi connectivity index (χ0n) is 7.41. The Bertz CT molecular complexity index is 465. The highest BCUT2D eigenvalue weighted by atomic mass is 35.5. The lowest BCUT2D eigenvalue weighted by molar-refractivity contribution is 0.768. The van der Waals surface area contributed by atoms with Gasteiger partial charge < -0.3 is 0 Å². The average molecular weight is 228 g/mol. The Balaban J connectivity index is 2.57. The molecule has 0 amide bonds. The first kappa shape index (κ1) is 9.49. The van der Waals surface area contributed by atoms with Gasteiger partial charge in [0.2, 0.25) is 0 Å². The first-order valence-corrected chi connectivity index (χ1v) is 4.74. The van der Waals surface area contributed by atoms with Crippen LogP contribution in [0.15, 0.2) is 24.5 Å². The number of aromatic nitrogens is 3. The highest BCUT2D eigenvalue weighted by Crippen LogP contribution is 2.31. The van der Waals surface area contributed by atoms with Crippen molar-refractivity contribution in [2.45, 2.75) is 0 Å². The van der Waals surface area contributed by atoms with Crippen molar-refractivity contribution < 1.29 is 0 Å². The zero-order valence-corrected chi connectivity index (χ0v) is 8.92. The van der Waals surface area contributed by atoms with Gasteiger partial charge in [0.1, 0.15) is 6.33 Å². The normalized spacial score (nSPS) is 10.5. The topological polar surface area (TPSA) is 30.7 Å². The number of hydrogen-bond donors (Lipinski definition) is 0. The van der Waals surface area contributed by atoms with Crippen LogP contribution in [0.1, 0.15) is 0 Å². The second-order valence-corrected chi connectivity index (χ2v) is 3.63. The molecule has 72 valence electrons. The minimum Gasteiger partial charge on any atom is -0.255 e. The molecule has 0 aliphatic heterocycles. The van der Waals surface area contributed by atoms with Gasteiger partial charge in [-0.1, -0.05) is 29.3 Å². The van der Waals surface area contributed by atoms with E-state index < -0.39 is 0 Å². The van der Waals surface area contributed by atoms with E-state index in [0.29, 0.717) is 15.9 Å². The van der Waals surface area contributed by atoms with E-state index in [1.54, 1.807) is 24.1 Å². The minimum atomic E-state index is 0.486. The third-order valence-electron chi connectivity index (χ3n) is 1.79. The fraction of sp³-hybridized carbons (Fsp3) is 0.111. The van der Waals surface area contributed by atoms with Gasteiger partial charge >= 0.3 is 0 Å². The maximum Gasteiger partial charge on any atom is 0.182 e. The first-order chi connectivity index (χ1) is 6.68. The molecular formula is C9H7Cl2N3. The average Bonchev–Trinajstić information content (AvgIpc) is 2.57. The van der Waals surface area contributed by atoms with E-state index in [4.69, 9.17) is 23.2 Å². The van der Waals surface area contributed by atoms with Gasteiger partial charge in [0.25, 0.3) is 0 Å². The van der Waals surface area contributed by atoms with Crippen molar-refractivity contribution >= 4 is 23.2 Å². The molecule has 1 aromatic carbocycles. The third kappa shape index (κ3) is 1.61. The summed E-state index contributed by atoms with van der Waals surface area (Å²) in [6.45, 7) is 0. The summed E-state index contributed by atoms with van der Waals surface area (Å²) in [5.74, 6) is 0.583. The van der Waals surface area contributed by atoms with Crippen LogP contribution in [0, 0.1) is 0 Å². The van der Waals surface area contributed by atoms with Crippen LogP contribution in [-0.2, 0) is 7.05 Å². The Kier molecular flexibility index (Phi) is 2.44. The lowest BCUT2D eigenvalue weighted by Gasteiger charge is -2.00. The molecule has 3 nitrogen and oxygen atoms in total. The van der Waals surface area contributed by atoms with Crippen molar-refractivity contribution in [2.75, 3.05) is 0 Å². The molecule has 0 atom stereocenters. The van der Waals surface area contributed by atoms with E-state index >= 15 is 0 Å². The van der Waals surface area contributed by atoms with Gasteiger partial charge in [-0.15, -0.1) is 0 Å². The van der Waals surface area contributed by atoms with Crippen LogP contribution in [0.3, 0.4) is 0 Å². The lowest BCUT2D eigenvalue weighted by Crippen LogP contribution is -1.88. The standard InChI is InChI=1S/C9H7Cl2N3/c1-14-5-12-9(13-14)6-3-2-4-7(10)8(6)11/h2-5H,1H3. The van der Waals surface area contributed by atoms with Crippen LogP contribution in [0.25, 0.3) is 11.4 Å². The Morgan fingerprint density at radius 3 is 2.71 bits per heavy atom. The molecule has 0 unspecified atom stereocenters. The molecule has 0 saturated carbocycles. The van der Waals surface area contributed by atoms with Crippen molar-refractivity contribution in [1.82, 2.24) is 14.8 Å². The molecule has 5 heteroatoms. The van der Waals surface area contributed by atoms with E-state index in [9.17, 15) is 0 Å². The van der Waals surface area contributed by atoms with E-state index in [2.05, 4.69) is 10.1 Å². The molecular weight excluding hydrogens is 221 g/mol. The largest absolute Gasteiger partial charge is 0.255 e. The first-order valence-electron chi connectivity index (χ1n) is 3.98. The summed E-state index contributed by atoms with van der Waals surface area (Å²) in [4.78, 5) is 4.10. The van der Waals surface area contributed by atoms with Gasteiger partial charge in [0.05, 0.1) is 10.0 Å². The predicted molar refractivity (Wildman–Crippen MR) is 56.5 cm³/mol. The highest BCUT2D eigenvalue weighted by molar-refractivity contribution is 6.43. The number of rotatable bonds is 1. The second kappa shape index (κ2) is 3.59. The van der Waals surface area contributed by atoms with E-state index in [1.165, 1.54) is 0 Å². The summed E-state index contributed by atoms with van der Waals surface area (Å²) in [6.07, 6.45) is 1.62. The van der Waals surface area contributed by atoms with Crippen LogP contribution in [0.4, 0.5) is 0 Å². The zero-order chi connectivity index (χ0) is 10.1. The maximum absolute atomic E-state index is 6.02. The third-order valence-corrected chi connectivity index (χ3v) is 2.61. The van der Waals surface area contributed by atoms with Crippen molar-refractivity contribution in [2.24, 2.45) is 7.05 Å². The van der Waals surface area contributed by atoms with Crippen molar-refractivity contribution in [3.63, 3.8) is 0 Å². The van der Waals surface area contributed by atoms with Gasteiger partial charge in [-0.25, -0.2) is 4.98 Å². The van der Waals surface area contributed by atoms with Crippen LogP contribution in [0.5, 0.6) is 0 Å². The summed E-state index contributed by atoms with van der Waals surface area (Å²) in [6, 6.07) is 5.39. The highest BCUT2D eigenvalue weighted by Gasteiger charge is 2.09. The molecule has 1 heterocycles. The number of benzene rings is 1. The number of halogens is 2. The van der Waals surface area contributed by atoms with Crippen molar-refractivity contribution in [3.05, 3.63) is 34.6 Å². The quantitative estimate of drug-likeness (QED) is 0.751. The summed E-state index contributed by atoms with van der Waals surface area (Å²) in [5, 5.41) is 5.14. The molecule has 14 heavy (non-hydrogen) atoms. The molecule has 0 N–H and O–H groups in total. The minimum absolute atomic E-state index is 0.486. The Hall–Kier alpha value is -1.06. The second-order valence-electron chi connectivity index (χ2n) is 2.84. The van der Waals surface area contributed by atoms with Gasteiger partial charge in [0.15, 0.2) is 5.82 Å². The Labute approximate surface area is 91.3 Å². The van der Waals surface area contributed by atoms with Crippen LogP contribution in [0.2, 0.25) is 10.0 Å². The smallest absolute Gasteiger partial charge is 0.182 e. The van der Waals surface area contributed by atoms with E-state index in [1.807, 2.05) is 12.1 Å². The molecule has 2 rings (SSSR count). The predicted octanol–water partition coefficient (Wildman–Crippen LogP) is 2.79. The number of hydrogen-bond acceptors (Lipinski definition) is 2. The summed E-state index contributed by atoms with van der Waals surface area (Å²) in [5.41, 5.74) is 0.750. The van der Waals surface area contributed by atoms with Gasteiger partial charge in [-0.05, 0) is 12.1 Å². The monoisotopic (exact) mass is 227 g/mol. The summed E-state index contributed by atoms with van der Waals surface area (Å²) < 4.78 is 1.62. The van der Waals surface area contributed by atoms with E-state index in [0.717, 1.165) is 5.56 Å². The molecule has 1 aromatic heterocycles. The molecule has 0 aliphatic carbocycles. The van der Waals surface area contributed by atoms with Crippen molar-refractivity contribution in [3.8, 4) is 11.4 Å². The van der Waals surface area contributed by atoms with Crippen LogP contribution < -0.4 is 0 Å². The molecule has 0 fully saturated rings.